The Kier molecular flexibility index (Phi) is 18.0. The first kappa shape index (κ1) is 49.6. The van der Waals surface area contributed by atoms with Gasteiger partial charge in [-0.2, -0.15) is 4.31 Å². The molecule has 25 heteroatoms. The number of ether oxygens (including phenoxy) is 3. The zero-order chi connectivity index (χ0) is 45.1. The SMILES string of the molecule is CCCCCCCCCCCCCCCC(=O)O[C@@]1(COP(=O)(O)OP(=O)(O)OC[C@H]2O[C@@H](N3C=CCC(C(N)=O)=C3)[C@H](O)[C@@H]2O)O[C@@H](n2cnc3c(N)ncnc32)[C@H](O)[C@@H]1O. The number of esters is 1. The lowest BCUT2D eigenvalue weighted by Crippen LogP contribution is -2.50. The van der Waals surface area contributed by atoms with Crippen LogP contribution in [-0.2, 0) is 46.3 Å². The lowest BCUT2D eigenvalue weighted by atomic mass is 10.0. The van der Waals surface area contributed by atoms with Crippen molar-refractivity contribution < 1.29 is 76.5 Å². The number of hydrogen-bond acceptors (Lipinski definition) is 19. The summed E-state index contributed by atoms with van der Waals surface area (Å²) in [6, 6.07) is 0. The minimum absolute atomic E-state index is 0.0188. The molecule has 0 saturated carbocycles. The van der Waals surface area contributed by atoms with Gasteiger partial charge in [-0.1, -0.05) is 90.0 Å². The quantitative estimate of drug-likeness (QED) is 0.0382. The highest BCUT2D eigenvalue weighted by Crippen LogP contribution is 2.61. The third-order valence-corrected chi connectivity index (χ3v) is 13.3. The molecule has 0 aromatic carbocycles. The van der Waals surface area contributed by atoms with Crippen molar-refractivity contribution in [2.75, 3.05) is 18.9 Å². The Balaban J connectivity index is 1.18. The number of allylic oxidation sites excluding steroid dienone is 1. The Morgan fingerprint density at radius 1 is 0.871 bits per heavy atom. The van der Waals surface area contributed by atoms with Crippen LogP contribution in [0.25, 0.3) is 11.2 Å². The van der Waals surface area contributed by atoms with Crippen molar-refractivity contribution in [3.8, 4) is 0 Å². The topological polar surface area (TPSA) is 344 Å². The number of nitrogens with zero attached hydrogens (tertiary/aromatic N) is 5. The van der Waals surface area contributed by atoms with Gasteiger partial charge in [-0.25, -0.2) is 24.1 Å². The standard InChI is InChI=1S/C37H59N7O16P2/c1-2-3-4-5-6-7-8-9-10-11-12-13-14-17-26(45)58-37(31(49)30(48)36(59-37)44-23-42-27-32(38)40-22-41-34(27)44)21-56-62(53,54)60-61(51,52)55-20-25-28(46)29(47)35(57-25)43-18-15-16-24(19-43)33(39)50/h15,18-19,22-23,25,28-31,35-36,46-49H,2-14,16-17,20-21H2,1H3,(H2,39,50)(H,51,52)(H,53,54)(H2,38,40,41)/t25-,28-,29-,30-,31+,35-,36-,37+/m1/s1. The van der Waals surface area contributed by atoms with Crippen LogP contribution in [-0.4, -0.2) is 122 Å². The molecule has 0 aliphatic carbocycles. The van der Waals surface area contributed by atoms with Gasteiger partial charge < -0.3 is 60.8 Å². The molecule has 3 aliphatic heterocycles. The van der Waals surface area contributed by atoms with E-state index in [1.165, 1.54) is 62.2 Å². The number of imidazole rings is 1. The fraction of sp³-hybridized carbons (Fsp3) is 0.703. The molecular weight excluding hydrogens is 860 g/mol. The molecule has 2 aromatic rings. The highest BCUT2D eigenvalue weighted by Gasteiger charge is 2.60. The third kappa shape index (κ3) is 13.1. The first-order valence-corrected chi connectivity index (χ1v) is 23.8. The van der Waals surface area contributed by atoms with Gasteiger partial charge in [0.2, 0.25) is 5.91 Å². The van der Waals surface area contributed by atoms with Crippen LogP contribution in [0.1, 0.15) is 109 Å². The Hall–Kier alpha value is -3.41. The lowest BCUT2D eigenvalue weighted by molar-refractivity contribution is -0.267. The van der Waals surface area contributed by atoms with Crippen LogP contribution >= 0.6 is 15.6 Å². The maximum Gasteiger partial charge on any atom is 0.481 e. The van der Waals surface area contributed by atoms with Crippen molar-refractivity contribution in [2.45, 2.75) is 152 Å². The molecule has 0 radical (unpaired) electrons. The molecule has 2 saturated heterocycles. The third-order valence-electron chi connectivity index (χ3n) is 10.7. The number of aliphatic hydroxyl groups excluding tert-OH is 4. The first-order valence-electron chi connectivity index (χ1n) is 20.8. The molecular formula is C37H59N7O16P2. The number of nitrogens with two attached hydrogens (primary N) is 2. The van der Waals surface area contributed by atoms with Gasteiger partial charge in [-0.3, -0.25) is 23.2 Å². The van der Waals surface area contributed by atoms with Gasteiger partial charge in [0.05, 0.1) is 12.9 Å². The number of nitrogen functional groups attached to an aromatic ring is 1. The van der Waals surface area contributed by atoms with Gasteiger partial charge in [0.25, 0.3) is 5.79 Å². The van der Waals surface area contributed by atoms with Crippen LogP contribution in [0.2, 0.25) is 0 Å². The van der Waals surface area contributed by atoms with Crippen LogP contribution < -0.4 is 11.5 Å². The number of fused-ring (bicyclic) bond motifs is 1. The van der Waals surface area contributed by atoms with E-state index in [4.69, 9.17) is 34.7 Å². The minimum Gasteiger partial charge on any atom is -0.427 e. The maximum atomic E-state index is 13.2. The van der Waals surface area contributed by atoms with E-state index in [0.717, 1.165) is 42.9 Å². The van der Waals surface area contributed by atoms with Crippen molar-refractivity contribution in [1.29, 1.82) is 0 Å². The van der Waals surface area contributed by atoms with Gasteiger partial charge >= 0.3 is 21.6 Å². The van der Waals surface area contributed by atoms with Gasteiger partial charge in [0, 0.05) is 24.4 Å². The van der Waals surface area contributed by atoms with Gasteiger partial charge in [0.15, 0.2) is 30.0 Å². The number of phosphoric ester groups is 2. The average Bonchev–Trinajstić information content (AvgIpc) is 3.86. The molecule has 3 aliphatic rings. The molecule has 10 N–H and O–H groups in total. The number of carbonyl (C=O) groups is 2. The summed E-state index contributed by atoms with van der Waals surface area (Å²) in [5.74, 6) is -4.37. The predicted octanol–water partition coefficient (Wildman–Crippen LogP) is 2.67. The molecule has 2 unspecified atom stereocenters. The van der Waals surface area contributed by atoms with Crippen LogP contribution in [0, 0.1) is 0 Å². The summed E-state index contributed by atoms with van der Waals surface area (Å²) in [4.78, 5) is 59.1. The Morgan fingerprint density at radius 3 is 2.15 bits per heavy atom. The summed E-state index contributed by atoms with van der Waals surface area (Å²) in [6.45, 7) is -0.0933. The monoisotopic (exact) mass is 919 g/mol. The summed E-state index contributed by atoms with van der Waals surface area (Å²) in [6.07, 6.45) is 8.70. The summed E-state index contributed by atoms with van der Waals surface area (Å²) >= 11 is 0. The van der Waals surface area contributed by atoms with Crippen LogP contribution in [0.3, 0.4) is 0 Å². The number of hydrogen-bond donors (Lipinski definition) is 8. The van der Waals surface area contributed by atoms with E-state index in [1.54, 1.807) is 6.08 Å². The molecule has 0 spiro atoms. The largest absolute Gasteiger partial charge is 0.481 e. The molecule has 23 nitrogen and oxygen atoms in total. The van der Waals surface area contributed by atoms with Crippen LogP contribution in [0.15, 0.2) is 36.7 Å². The number of anilines is 1. The average molecular weight is 920 g/mol. The summed E-state index contributed by atoms with van der Waals surface area (Å²) in [5.41, 5.74) is 11.6. The van der Waals surface area contributed by atoms with Crippen molar-refractivity contribution in [3.63, 3.8) is 0 Å². The zero-order valence-corrected chi connectivity index (χ0v) is 36.3. The Bertz CT molecular complexity index is 1970. The zero-order valence-electron chi connectivity index (χ0n) is 34.5. The van der Waals surface area contributed by atoms with E-state index in [0.29, 0.717) is 12.8 Å². The van der Waals surface area contributed by atoms with Crippen LogP contribution in [0.4, 0.5) is 5.82 Å². The Morgan fingerprint density at radius 2 is 1.50 bits per heavy atom. The van der Waals surface area contributed by atoms with Gasteiger partial charge in [-0.05, 0) is 12.8 Å². The number of amides is 1. The number of primary amides is 1. The fourth-order valence-corrected chi connectivity index (χ4v) is 9.43. The number of aromatic nitrogens is 4. The van der Waals surface area contributed by atoms with E-state index in [2.05, 4.69) is 26.2 Å². The molecule has 2 aromatic heterocycles. The molecule has 1 amide bonds. The highest BCUT2D eigenvalue weighted by molar-refractivity contribution is 7.61. The number of unbranched alkanes of at least 4 members (excludes halogenated alkanes) is 12. The van der Waals surface area contributed by atoms with E-state index in [-0.39, 0.29) is 35.4 Å². The molecule has 10 atom stereocenters. The minimum atomic E-state index is -5.69. The lowest BCUT2D eigenvalue weighted by Gasteiger charge is -2.31. The number of carbonyl (C=O) groups excluding carboxylic acids is 2. The second-order valence-electron chi connectivity index (χ2n) is 15.5. The van der Waals surface area contributed by atoms with E-state index >= 15 is 0 Å². The molecule has 5 rings (SSSR count). The fourth-order valence-electron chi connectivity index (χ4n) is 7.33. The number of rotatable bonds is 26. The van der Waals surface area contributed by atoms with Crippen molar-refractivity contribution in [3.05, 3.63) is 36.7 Å². The predicted molar refractivity (Wildman–Crippen MR) is 217 cm³/mol. The summed E-state index contributed by atoms with van der Waals surface area (Å²) in [5, 5.41) is 43.6. The number of phosphoric acid groups is 2. The van der Waals surface area contributed by atoms with Crippen molar-refractivity contribution in [2.24, 2.45) is 5.73 Å². The molecule has 5 heterocycles. The van der Waals surface area contributed by atoms with Crippen molar-refractivity contribution in [1.82, 2.24) is 24.4 Å². The van der Waals surface area contributed by atoms with E-state index in [1.807, 2.05) is 0 Å². The Labute approximate surface area is 358 Å². The number of aliphatic hydroxyl groups is 4. The maximum absolute atomic E-state index is 13.2. The molecule has 348 valence electrons. The summed E-state index contributed by atoms with van der Waals surface area (Å²) in [7, 11) is -11.3. The smallest absolute Gasteiger partial charge is 0.427 e. The van der Waals surface area contributed by atoms with Crippen molar-refractivity contribution >= 4 is 44.5 Å². The van der Waals surface area contributed by atoms with Gasteiger partial charge in [0.1, 0.15) is 42.9 Å². The highest BCUT2D eigenvalue weighted by atomic mass is 31.3. The summed E-state index contributed by atoms with van der Waals surface area (Å²) < 4.78 is 58.4. The first-order chi connectivity index (χ1) is 29.5. The van der Waals surface area contributed by atoms with E-state index in [9.17, 15) is 48.9 Å². The molecule has 2 fully saturated rings. The van der Waals surface area contributed by atoms with E-state index < -0.39 is 89.5 Å². The second kappa shape index (κ2) is 22.5. The normalized spacial score (nSPS) is 28.2. The van der Waals surface area contributed by atoms with Crippen LogP contribution in [0.5, 0.6) is 0 Å². The second-order valence-corrected chi connectivity index (χ2v) is 18.5. The molecule has 62 heavy (non-hydrogen) atoms. The molecule has 0 bridgehead atoms. The van der Waals surface area contributed by atoms with Gasteiger partial charge in [-0.15, -0.1) is 0 Å².